The van der Waals surface area contributed by atoms with Crippen molar-refractivity contribution in [3.8, 4) is 5.75 Å². The first kappa shape index (κ1) is 31.8. The maximum atomic E-state index is 13.9. The first-order valence-corrected chi connectivity index (χ1v) is 14.7. The van der Waals surface area contributed by atoms with E-state index in [1.165, 1.54) is 47.6 Å². The highest BCUT2D eigenvalue weighted by Gasteiger charge is 2.55. The van der Waals surface area contributed by atoms with E-state index in [2.05, 4.69) is 20.2 Å². The number of halogens is 1. The molecule has 3 aromatic rings. The number of aromatic hydroxyl groups is 1. The molecule has 1 fully saturated rings. The molecule has 1 saturated carbocycles. The van der Waals surface area contributed by atoms with Crippen molar-refractivity contribution >= 4 is 17.7 Å². The zero-order chi connectivity index (χ0) is 32.8. The van der Waals surface area contributed by atoms with Crippen molar-refractivity contribution in [3.63, 3.8) is 0 Å². The molecular weight excluding hydrogens is 583 g/mol. The molecule has 1 aliphatic carbocycles. The second-order valence-electron chi connectivity index (χ2n) is 12.4. The fourth-order valence-corrected chi connectivity index (χ4v) is 6.54. The Bertz CT molecular complexity index is 1720. The van der Waals surface area contributed by atoms with Gasteiger partial charge in [-0.3, -0.25) is 28.6 Å². The van der Waals surface area contributed by atoms with Crippen LogP contribution >= 0.6 is 0 Å². The van der Waals surface area contributed by atoms with Gasteiger partial charge < -0.3 is 24.8 Å². The number of amides is 3. The number of nitrogens with one attached hydrogen (secondary N) is 1. The first-order chi connectivity index (χ1) is 21.2. The van der Waals surface area contributed by atoms with E-state index < -0.39 is 45.8 Å². The number of hydrogen-bond acceptors (Lipinski definition) is 8. The molecule has 240 valence electrons. The molecule has 0 unspecified atom stereocenters. The molecular formula is C31H39FN8O5. The third-order valence-corrected chi connectivity index (χ3v) is 9.56. The van der Waals surface area contributed by atoms with Gasteiger partial charge in [0.25, 0.3) is 11.5 Å². The van der Waals surface area contributed by atoms with Gasteiger partial charge in [-0.2, -0.15) is 0 Å². The van der Waals surface area contributed by atoms with Crippen LogP contribution in [0.4, 0.5) is 4.39 Å². The maximum Gasteiger partial charge on any atom is 0.312 e. The van der Waals surface area contributed by atoms with Gasteiger partial charge in [-0.05, 0) is 56.8 Å². The molecule has 6 rings (SSSR count). The van der Waals surface area contributed by atoms with E-state index in [-0.39, 0.29) is 24.7 Å². The Morgan fingerprint density at radius 2 is 1.78 bits per heavy atom. The lowest BCUT2D eigenvalue weighted by Crippen LogP contribution is -2.57. The molecule has 3 aliphatic rings. The number of fused-ring (bicyclic) bond motifs is 2. The summed E-state index contributed by atoms with van der Waals surface area (Å²) in [7, 11) is 8.34. The van der Waals surface area contributed by atoms with Crippen molar-refractivity contribution < 1.29 is 23.9 Å². The Balaban J connectivity index is 1.58. The summed E-state index contributed by atoms with van der Waals surface area (Å²) in [5.41, 5.74) is -2.05. The molecule has 0 radical (unpaired) electrons. The highest BCUT2D eigenvalue weighted by atomic mass is 19.1. The minimum absolute atomic E-state index is 0.00144. The number of aromatic nitrogens is 4. The minimum atomic E-state index is -1.21. The van der Waals surface area contributed by atoms with Crippen LogP contribution in [0.1, 0.15) is 58.9 Å². The molecule has 4 heterocycles. The lowest BCUT2D eigenvalue weighted by atomic mass is 9.71. The van der Waals surface area contributed by atoms with Crippen molar-refractivity contribution in [1.82, 2.24) is 39.1 Å². The van der Waals surface area contributed by atoms with E-state index in [0.29, 0.717) is 43.4 Å². The fraction of sp³-hybridized carbons (Fsp3) is 0.484. The third kappa shape index (κ3) is 5.47. The number of rotatable bonds is 7. The predicted octanol–water partition coefficient (Wildman–Crippen LogP) is 1.26. The number of aryl methyl sites for hydroxylation is 2. The minimum Gasteiger partial charge on any atom is -0.501 e. The van der Waals surface area contributed by atoms with Gasteiger partial charge in [-0.15, -0.1) is 0 Å². The number of imidazole rings is 1. The summed E-state index contributed by atoms with van der Waals surface area (Å²) in [6.07, 6.45) is 5.36. The summed E-state index contributed by atoms with van der Waals surface area (Å²) in [5, 5.41) is 13.7. The molecule has 2 N–H and O–H groups in total. The predicted molar refractivity (Wildman–Crippen MR) is 161 cm³/mol. The van der Waals surface area contributed by atoms with Crippen LogP contribution in [0.15, 0.2) is 35.4 Å². The van der Waals surface area contributed by atoms with Crippen molar-refractivity contribution in [2.24, 2.45) is 7.05 Å². The van der Waals surface area contributed by atoms with Gasteiger partial charge in [-0.1, -0.05) is 12.1 Å². The number of hydrogen-bond donors (Lipinski definition) is 2. The zero-order valence-electron chi connectivity index (χ0n) is 26.4. The molecule has 0 spiro atoms. The average Bonchev–Trinajstić information content (AvgIpc) is 3.28. The lowest BCUT2D eigenvalue weighted by Gasteiger charge is -2.49. The quantitative estimate of drug-likeness (QED) is 0.375. The largest absolute Gasteiger partial charge is 0.501 e. The standard InChI is InChI=1S/C31H39FN8O5/c1-19-15-20(7-8-21(19)32)16-34-25(42)23-24(41)26(43)40-18-30(38(5)17-22-33-13-14-37(22)4)9-11-31(12-10-30,29(40)35-23)39(6)28(45)27(44)36(2)3/h7-8,13-15,41H,9-12,16-18H2,1-6H3,(H,34,42). The number of nitrogens with zero attached hydrogens (tertiary/aromatic N) is 7. The van der Waals surface area contributed by atoms with Crippen LogP contribution in [-0.4, -0.2) is 90.4 Å². The van der Waals surface area contributed by atoms with Crippen LogP contribution in [-0.2, 0) is 41.8 Å². The van der Waals surface area contributed by atoms with Crippen molar-refractivity contribution in [2.45, 2.75) is 63.3 Å². The highest BCUT2D eigenvalue weighted by Crippen LogP contribution is 2.50. The molecule has 0 saturated heterocycles. The summed E-state index contributed by atoms with van der Waals surface area (Å²) in [6.45, 7) is 2.23. The van der Waals surface area contributed by atoms with Crippen LogP contribution in [0.2, 0.25) is 0 Å². The second kappa shape index (κ2) is 11.7. The molecule has 13 nitrogen and oxygen atoms in total. The normalized spacial score (nSPS) is 20.4. The maximum absolute atomic E-state index is 13.9. The summed E-state index contributed by atoms with van der Waals surface area (Å²) in [5.74, 6) is -2.54. The lowest BCUT2D eigenvalue weighted by molar-refractivity contribution is -0.155. The molecule has 0 atom stereocenters. The van der Waals surface area contributed by atoms with Gasteiger partial charge in [0.2, 0.25) is 5.75 Å². The molecule has 14 heteroatoms. The van der Waals surface area contributed by atoms with Crippen molar-refractivity contribution in [2.75, 3.05) is 28.2 Å². The van der Waals surface area contributed by atoms with Crippen LogP contribution in [0.3, 0.4) is 0 Å². The summed E-state index contributed by atoms with van der Waals surface area (Å²) >= 11 is 0. The van der Waals surface area contributed by atoms with E-state index in [4.69, 9.17) is 0 Å². The van der Waals surface area contributed by atoms with Crippen molar-refractivity contribution in [3.05, 3.63) is 75.2 Å². The Kier molecular flexibility index (Phi) is 8.29. The van der Waals surface area contributed by atoms with Crippen molar-refractivity contribution in [1.29, 1.82) is 0 Å². The number of likely N-dealkylation sites (N-methyl/N-ethyl adjacent to an activating group) is 3. The molecule has 3 amide bonds. The number of benzene rings is 1. The SMILES string of the molecule is Cc1cc(CNC(=O)c2nc3n(c(=O)c2O)CC2(N(C)Cc4nccn4C)CCC3(N(C)C(=O)C(=O)N(C)C)CC2)ccc1F. The monoisotopic (exact) mass is 622 g/mol. The fourth-order valence-electron chi connectivity index (χ4n) is 6.54. The van der Waals surface area contributed by atoms with E-state index in [9.17, 15) is 28.7 Å². The van der Waals surface area contributed by atoms with Gasteiger partial charge in [0.1, 0.15) is 23.0 Å². The van der Waals surface area contributed by atoms with Gasteiger partial charge in [0, 0.05) is 59.2 Å². The van der Waals surface area contributed by atoms with E-state index in [0.717, 1.165) is 5.82 Å². The molecule has 2 aromatic heterocycles. The van der Waals surface area contributed by atoms with Crippen LogP contribution in [0.25, 0.3) is 0 Å². The van der Waals surface area contributed by atoms with E-state index >= 15 is 0 Å². The zero-order valence-corrected chi connectivity index (χ0v) is 26.4. The highest BCUT2D eigenvalue weighted by molar-refractivity contribution is 6.34. The van der Waals surface area contributed by atoms with Gasteiger partial charge in [-0.25, -0.2) is 14.4 Å². The number of carbonyl (C=O) groups excluding carboxylic acids is 3. The summed E-state index contributed by atoms with van der Waals surface area (Å²) in [6, 6.07) is 4.41. The van der Waals surface area contributed by atoms with E-state index in [1.54, 1.807) is 19.2 Å². The Morgan fingerprint density at radius 1 is 1.09 bits per heavy atom. The molecule has 1 aromatic carbocycles. The Labute approximate surface area is 260 Å². The number of carbonyl (C=O) groups is 3. The average molecular weight is 623 g/mol. The van der Waals surface area contributed by atoms with Crippen LogP contribution < -0.4 is 10.9 Å². The second-order valence-corrected chi connectivity index (χ2v) is 12.4. The summed E-state index contributed by atoms with van der Waals surface area (Å²) in [4.78, 5) is 67.3. The van der Waals surface area contributed by atoms with Crippen LogP contribution in [0.5, 0.6) is 5.75 Å². The smallest absolute Gasteiger partial charge is 0.312 e. The molecule has 2 bridgehead atoms. The van der Waals surface area contributed by atoms with E-state index in [1.807, 2.05) is 24.9 Å². The Hall–Kier alpha value is -4.59. The first-order valence-electron chi connectivity index (χ1n) is 14.7. The van der Waals surface area contributed by atoms with Crippen LogP contribution in [0, 0.1) is 12.7 Å². The topological polar surface area (TPSA) is 146 Å². The Morgan fingerprint density at radius 3 is 2.38 bits per heavy atom. The van der Waals surface area contributed by atoms with Gasteiger partial charge in [0.05, 0.1) is 6.54 Å². The molecule has 2 aliphatic heterocycles. The van der Waals surface area contributed by atoms with Gasteiger partial charge in [0.15, 0.2) is 5.69 Å². The van der Waals surface area contributed by atoms with Gasteiger partial charge >= 0.3 is 11.8 Å². The molecule has 45 heavy (non-hydrogen) atoms. The third-order valence-electron chi connectivity index (χ3n) is 9.56. The summed E-state index contributed by atoms with van der Waals surface area (Å²) < 4.78 is 17.0.